The van der Waals surface area contributed by atoms with Crippen molar-refractivity contribution in [3.05, 3.63) is 35.4 Å². The van der Waals surface area contributed by atoms with Gasteiger partial charge in [-0.1, -0.05) is 63.2 Å². The molecule has 0 aromatic heterocycles. The Bertz CT molecular complexity index is 623. The van der Waals surface area contributed by atoms with Gasteiger partial charge in [-0.2, -0.15) is 0 Å². The smallest absolute Gasteiger partial charge is 0.0246 e. The Hall–Kier alpha value is -1.66. The molecule has 0 nitrogen and oxygen atoms in total. The van der Waals surface area contributed by atoms with E-state index in [0.717, 1.165) is 23.0 Å². The molecule has 0 unspecified atom stereocenters. The monoisotopic (exact) mass is 374 g/mol. The van der Waals surface area contributed by atoms with Crippen LogP contribution in [0.25, 0.3) is 0 Å². The van der Waals surface area contributed by atoms with Crippen LogP contribution in [0.3, 0.4) is 0 Å². The van der Waals surface area contributed by atoms with Crippen LogP contribution >= 0.6 is 0 Å². The van der Waals surface area contributed by atoms with E-state index in [1.54, 1.807) is 0 Å². The fourth-order valence-electron chi connectivity index (χ4n) is 5.02. The van der Waals surface area contributed by atoms with Gasteiger partial charge in [0.15, 0.2) is 0 Å². The van der Waals surface area contributed by atoms with Gasteiger partial charge in [0.25, 0.3) is 0 Å². The van der Waals surface area contributed by atoms with E-state index < -0.39 is 0 Å². The highest BCUT2D eigenvalue weighted by Gasteiger charge is 2.19. The molecule has 0 amide bonds. The van der Waals surface area contributed by atoms with E-state index in [1.807, 2.05) is 0 Å². The highest BCUT2D eigenvalue weighted by atomic mass is 14.2. The molecule has 2 aliphatic rings. The predicted molar refractivity (Wildman–Crippen MR) is 121 cm³/mol. The maximum atomic E-state index is 3.53. The molecule has 0 N–H and O–H groups in total. The van der Waals surface area contributed by atoms with Crippen molar-refractivity contribution in [1.82, 2.24) is 0 Å². The molecule has 2 aliphatic carbocycles. The molecule has 0 spiro atoms. The Balaban J connectivity index is 1.46. The molecule has 0 heteroatoms. The van der Waals surface area contributed by atoms with Crippen molar-refractivity contribution in [2.45, 2.75) is 90.9 Å². The second-order valence-corrected chi connectivity index (χ2v) is 9.13. The first kappa shape index (κ1) is 21.1. The number of hydrogen-bond donors (Lipinski definition) is 0. The van der Waals surface area contributed by atoms with Crippen LogP contribution in [0.4, 0.5) is 0 Å². The molecule has 0 saturated heterocycles. The van der Waals surface area contributed by atoms with E-state index in [0.29, 0.717) is 11.8 Å². The maximum absolute atomic E-state index is 3.53. The van der Waals surface area contributed by atoms with Crippen LogP contribution in [0.15, 0.2) is 24.3 Å². The lowest BCUT2D eigenvalue weighted by molar-refractivity contribution is 0.300. The van der Waals surface area contributed by atoms with Crippen molar-refractivity contribution in [2.75, 3.05) is 0 Å². The Labute approximate surface area is 173 Å². The lowest BCUT2D eigenvalue weighted by atomic mass is 9.80. The third kappa shape index (κ3) is 6.74. The zero-order chi connectivity index (χ0) is 19.6. The predicted octanol–water partition coefficient (Wildman–Crippen LogP) is 7.60. The minimum absolute atomic E-state index is 0.607. The van der Waals surface area contributed by atoms with Crippen LogP contribution in [-0.2, 0) is 0 Å². The van der Waals surface area contributed by atoms with Crippen molar-refractivity contribution >= 4 is 0 Å². The highest BCUT2D eigenvalue weighted by Crippen LogP contribution is 2.32. The summed E-state index contributed by atoms with van der Waals surface area (Å²) in [5, 5.41) is 0. The fourth-order valence-corrected chi connectivity index (χ4v) is 5.02. The first-order valence-electron chi connectivity index (χ1n) is 11.9. The lowest BCUT2D eigenvalue weighted by Crippen LogP contribution is -2.13. The Morgan fingerprint density at radius 3 is 1.29 bits per heavy atom. The summed E-state index contributed by atoms with van der Waals surface area (Å²) in [5.74, 6) is 17.0. The third-order valence-electron chi connectivity index (χ3n) is 6.81. The van der Waals surface area contributed by atoms with Crippen molar-refractivity contribution in [3.63, 3.8) is 0 Å². The average Bonchev–Trinajstić information content (AvgIpc) is 2.74. The zero-order valence-electron chi connectivity index (χ0n) is 18.1. The normalized spacial score (nSPS) is 27.2. The summed E-state index contributed by atoms with van der Waals surface area (Å²) < 4.78 is 0. The van der Waals surface area contributed by atoms with Gasteiger partial charge in [-0.25, -0.2) is 0 Å². The van der Waals surface area contributed by atoms with Gasteiger partial charge in [0.1, 0.15) is 0 Å². The van der Waals surface area contributed by atoms with E-state index in [9.17, 15) is 0 Å². The summed E-state index contributed by atoms with van der Waals surface area (Å²) in [6, 6.07) is 8.60. The van der Waals surface area contributed by atoms with Gasteiger partial charge in [-0.15, -0.1) is 0 Å². The molecule has 1 aromatic rings. The Kier molecular flexibility index (Phi) is 8.55. The molecular formula is C28H38. The van der Waals surface area contributed by atoms with Crippen molar-refractivity contribution in [1.29, 1.82) is 0 Å². The topological polar surface area (TPSA) is 0 Å². The standard InChI is InChI=1S/C28H38/c1-3-5-23-7-11-25(12-8-23)15-17-27-19-21-28(22-20-27)18-16-26-13-9-24(6-4-2)10-14-26/h19-26H,3-14H2,1-2H3. The Morgan fingerprint density at radius 2 is 0.964 bits per heavy atom. The van der Waals surface area contributed by atoms with Gasteiger partial charge in [0.2, 0.25) is 0 Å². The van der Waals surface area contributed by atoms with Crippen molar-refractivity contribution < 1.29 is 0 Å². The fraction of sp³-hybridized carbons (Fsp3) is 0.643. The van der Waals surface area contributed by atoms with Gasteiger partial charge in [-0.05, 0) is 87.5 Å². The van der Waals surface area contributed by atoms with Crippen molar-refractivity contribution in [2.24, 2.45) is 23.7 Å². The molecule has 2 fully saturated rings. The second-order valence-electron chi connectivity index (χ2n) is 9.13. The SMILES string of the molecule is CCCC1CCC(C#Cc2ccc(C#CC3CCC(CCC)CC3)cc2)CC1. The summed E-state index contributed by atoms with van der Waals surface area (Å²) in [7, 11) is 0. The van der Waals surface area contributed by atoms with E-state index in [2.05, 4.69) is 61.8 Å². The van der Waals surface area contributed by atoms with Crippen LogP contribution in [0, 0.1) is 47.4 Å². The van der Waals surface area contributed by atoms with Gasteiger partial charge >= 0.3 is 0 Å². The van der Waals surface area contributed by atoms with Crippen LogP contribution in [0.2, 0.25) is 0 Å². The molecule has 3 rings (SSSR count). The van der Waals surface area contributed by atoms with Gasteiger partial charge in [0.05, 0.1) is 0 Å². The first-order valence-corrected chi connectivity index (χ1v) is 11.9. The van der Waals surface area contributed by atoms with E-state index in [1.165, 1.54) is 77.0 Å². The molecule has 0 bridgehead atoms. The lowest BCUT2D eigenvalue weighted by Gasteiger charge is -2.25. The molecule has 0 heterocycles. The van der Waals surface area contributed by atoms with E-state index in [-0.39, 0.29) is 0 Å². The first-order chi connectivity index (χ1) is 13.8. The van der Waals surface area contributed by atoms with Gasteiger partial charge in [-0.3, -0.25) is 0 Å². The summed E-state index contributed by atoms with van der Waals surface area (Å²) in [6.45, 7) is 4.61. The molecule has 0 aliphatic heterocycles. The minimum atomic E-state index is 0.607. The molecule has 1 aromatic carbocycles. The molecule has 2 saturated carbocycles. The van der Waals surface area contributed by atoms with Crippen LogP contribution in [0.1, 0.15) is 102 Å². The number of rotatable bonds is 4. The molecular weight excluding hydrogens is 336 g/mol. The van der Waals surface area contributed by atoms with Gasteiger partial charge in [0, 0.05) is 23.0 Å². The van der Waals surface area contributed by atoms with Crippen LogP contribution < -0.4 is 0 Å². The Morgan fingerprint density at radius 1 is 0.607 bits per heavy atom. The highest BCUT2D eigenvalue weighted by molar-refractivity contribution is 5.42. The molecule has 0 atom stereocenters. The minimum Gasteiger partial charge on any atom is -0.0945 e. The summed E-state index contributed by atoms with van der Waals surface area (Å²) in [4.78, 5) is 0. The van der Waals surface area contributed by atoms with Crippen LogP contribution in [-0.4, -0.2) is 0 Å². The second kappa shape index (κ2) is 11.4. The zero-order valence-corrected chi connectivity index (χ0v) is 18.1. The molecule has 0 radical (unpaired) electrons. The largest absolute Gasteiger partial charge is 0.0945 e. The molecule has 28 heavy (non-hydrogen) atoms. The van der Waals surface area contributed by atoms with Crippen molar-refractivity contribution in [3.8, 4) is 23.7 Å². The summed E-state index contributed by atoms with van der Waals surface area (Å²) in [5.41, 5.74) is 2.28. The third-order valence-corrected chi connectivity index (χ3v) is 6.81. The molecule has 150 valence electrons. The summed E-state index contributed by atoms with van der Waals surface area (Å²) in [6.07, 6.45) is 16.2. The van der Waals surface area contributed by atoms with Gasteiger partial charge < -0.3 is 0 Å². The average molecular weight is 375 g/mol. The quantitative estimate of drug-likeness (QED) is 0.476. The maximum Gasteiger partial charge on any atom is 0.0246 e. The number of hydrogen-bond acceptors (Lipinski definition) is 0. The van der Waals surface area contributed by atoms with E-state index >= 15 is 0 Å². The summed E-state index contributed by atoms with van der Waals surface area (Å²) >= 11 is 0. The van der Waals surface area contributed by atoms with Crippen LogP contribution in [0.5, 0.6) is 0 Å². The number of benzene rings is 1. The van der Waals surface area contributed by atoms with E-state index in [4.69, 9.17) is 0 Å².